The third-order valence-corrected chi connectivity index (χ3v) is 1.90. The van der Waals surface area contributed by atoms with Gasteiger partial charge in [-0.25, -0.2) is 4.79 Å². The molecule has 0 saturated heterocycles. The summed E-state index contributed by atoms with van der Waals surface area (Å²) in [5, 5.41) is 2.60. The first-order valence-corrected chi connectivity index (χ1v) is 4.26. The summed E-state index contributed by atoms with van der Waals surface area (Å²) < 4.78 is 7.60. The van der Waals surface area contributed by atoms with Gasteiger partial charge in [-0.3, -0.25) is 5.32 Å². The van der Waals surface area contributed by atoms with E-state index >= 15 is 0 Å². The summed E-state index contributed by atoms with van der Waals surface area (Å²) in [4.78, 5) is 12.7. The molecule has 0 aliphatic carbocycles. The Balaban J connectivity index is 2.47. The van der Waals surface area contributed by atoms with Gasteiger partial charge in [0.1, 0.15) is 0 Å². The predicted molar refractivity (Wildman–Crippen MR) is 47.2 cm³/mol. The van der Waals surface area contributed by atoms with Crippen molar-refractivity contribution in [3.63, 3.8) is 0 Å². The van der Waals surface area contributed by atoms with Crippen molar-refractivity contribution in [3.05, 3.63) is 6.20 Å². The molecule has 2 amide bonds. The lowest BCUT2D eigenvalue weighted by molar-refractivity contribution is 0.224. The van der Waals surface area contributed by atoms with Crippen molar-refractivity contribution in [2.75, 3.05) is 18.9 Å². The van der Waals surface area contributed by atoms with E-state index < -0.39 is 0 Å². The predicted octanol–water partition coefficient (Wildman–Crippen LogP) is 1.02. The Bertz CT molecular complexity index is 248. The van der Waals surface area contributed by atoms with Crippen LogP contribution in [0.25, 0.3) is 0 Å². The van der Waals surface area contributed by atoms with Gasteiger partial charge in [-0.1, -0.05) is 0 Å². The van der Waals surface area contributed by atoms with E-state index in [-0.39, 0.29) is 6.03 Å². The smallest absolute Gasteiger partial charge is 0.322 e. The molecule has 12 heavy (non-hydrogen) atoms. The SMILES string of the molecule is CCN(C)C(=O)Nc1cnsn1. The highest BCUT2D eigenvalue weighted by Crippen LogP contribution is 2.02. The number of urea groups is 1. The first-order chi connectivity index (χ1) is 5.74. The van der Waals surface area contributed by atoms with Crippen LogP contribution in [0.15, 0.2) is 6.20 Å². The Morgan fingerprint density at radius 1 is 1.83 bits per heavy atom. The highest BCUT2D eigenvalue weighted by Gasteiger charge is 2.06. The van der Waals surface area contributed by atoms with Gasteiger partial charge in [-0.15, -0.1) is 0 Å². The maximum Gasteiger partial charge on any atom is 0.322 e. The van der Waals surface area contributed by atoms with Crippen molar-refractivity contribution in [1.29, 1.82) is 0 Å². The molecule has 66 valence electrons. The monoisotopic (exact) mass is 186 g/mol. The van der Waals surface area contributed by atoms with Gasteiger partial charge in [0.25, 0.3) is 0 Å². The first kappa shape index (κ1) is 8.92. The van der Waals surface area contributed by atoms with E-state index in [9.17, 15) is 4.79 Å². The molecule has 1 aromatic heterocycles. The molecule has 0 atom stereocenters. The topological polar surface area (TPSA) is 58.1 Å². The molecule has 0 fully saturated rings. The van der Waals surface area contributed by atoms with Crippen LogP contribution in [0.4, 0.5) is 10.6 Å². The van der Waals surface area contributed by atoms with Crippen LogP contribution in [0.1, 0.15) is 6.92 Å². The fourth-order valence-corrected chi connectivity index (χ4v) is 0.943. The molecule has 0 aliphatic rings. The van der Waals surface area contributed by atoms with Gasteiger partial charge in [0, 0.05) is 13.6 Å². The quantitative estimate of drug-likeness (QED) is 0.750. The molecule has 0 spiro atoms. The van der Waals surface area contributed by atoms with Crippen molar-refractivity contribution < 1.29 is 4.79 Å². The third kappa shape index (κ3) is 2.16. The average Bonchev–Trinajstić information content (AvgIpc) is 2.55. The Morgan fingerprint density at radius 2 is 2.58 bits per heavy atom. The summed E-state index contributed by atoms with van der Waals surface area (Å²) in [6, 6.07) is -0.162. The zero-order valence-electron chi connectivity index (χ0n) is 6.94. The average molecular weight is 186 g/mol. The maximum atomic E-state index is 11.2. The van der Waals surface area contributed by atoms with Gasteiger partial charge in [-0.2, -0.15) is 8.75 Å². The van der Waals surface area contributed by atoms with Gasteiger partial charge in [-0.05, 0) is 6.92 Å². The molecule has 0 bridgehead atoms. The van der Waals surface area contributed by atoms with E-state index in [1.807, 2.05) is 6.92 Å². The lowest BCUT2D eigenvalue weighted by Gasteiger charge is -2.13. The van der Waals surface area contributed by atoms with Gasteiger partial charge in [0.05, 0.1) is 17.9 Å². The van der Waals surface area contributed by atoms with Crippen LogP contribution in [0.3, 0.4) is 0 Å². The fourth-order valence-electron chi connectivity index (χ4n) is 0.568. The standard InChI is InChI=1S/C6H10N4OS/c1-3-10(2)6(11)8-5-4-7-12-9-5/h4H,3H2,1-2H3,(H,8,9,11). The van der Waals surface area contributed by atoms with Crippen molar-refractivity contribution in [1.82, 2.24) is 13.6 Å². The normalized spacial score (nSPS) is 9.50. The van der Waals surface area contributed by atoms with Gasteiger partial charge in [0.2, 0.25) is 0 Å². The Labute approximate surface area is 74.7 Å². The summed E-state index contributed by atoms with van der Waals surface area (Å²) in [7, 11) is 1.72. The number of carbonyl (C=O) groups excluding carboxylic acids is 1. The number of aromatic nitrogens is 2. The second-order valence-electron chi connectivity index (χ2n) is 2.24. The summed E-state index contributed by atoms with van der Waals surface area (Å²) in [6.07, 6.45) is 1.52. The van der Waals surface area contributed by atoms with E-state index in [2.05, 4.69) is 14.1 Å². The largest absolute Gasteiger partial charge is 0.328 e. The van der Waals surface area contributed by atoms with Crippen LogP contribution in [0.5, 0.6) is 0 Å². The van der Waals surface area contributed by atoms with Crippen LogP contribution in [-0.4, -0.2) is 33.3 Å². The van der Waals surface area contributed by atoms with E-state index in [4.69, 9.17) is 0 Å². The molecule has 0 unspecified atom stereocenters. The van der Waals surface area contributed by atoms with Crippen molar-refractivity contribution in [2.24, 2.45) is 0 Å². The highest BCUT2D eigenvalue weighted by atomic mass is 32.1. The van der Waals surface area contributed by atoms with Crippen molar-refractivity contribution in [3.8, 4) is 0 Å². The van der Waals surface area contributed by atoms with Gasteiger partial charge < -0.3 is 4.90 Å². The molecular weight excluding hydrogens is 176 g/mol. The molecule has 1 heterocycles. The van der Waals surface area contributed by atoms with E-state index in [1.165, 1.54) is 6.20 Å². The Hall–Kier alpha value is -1.17. The number of nitrogens with zero attached hydrogens (tertiary/aromatic N) is 3. The van der Waals surface area contributed by atoms with E-state index in [0.717, 1.165) is 11.7 Å². The maximum absolute atomic E-state index is 11.2. The van der Waals surface area contributed by atoms with Gasteiger partial charge >= 0.3 is 6.03 Å². The summed E-state index contributed by atoms with van der Waals surface area (Å²) in [5.41, 5.74) is 0. The number of carbonyl (C=O) groups is 1. The molecule has 5 nitrogen and oxygen atoms in total. The van der Waals surface area contributed by atoms with Crippen LogP contribution in [0, 0.1) is 0 Å². The lowest BCUT2D eigenvalue weighted by Crippen LogP contribution is -2.30. The summed E-state index contributed by atoms with van der Waals surface area (Å²) in [6.45, 7) is 2.57. The number of hydrogen-bond acceptors (Lipinski definition) is 4. The molecule has 1 aromatic rings. The number of hydrogen-bond donors (Lipinski definition) is 1. The Kier molecular flexibility index (Phi) is 2.98. The Morgan fingerprint density at radius 3 is 3.08 bits per heavy atom. The molecule has 1 N–H and O–H groups in total. The zero-order valence-corrected chi connectivity index (χ0v) is 7.76. The van der Waals surface area contributed by atoms with Gasteiger partial charge in [0.15, 0.2) is 5.82 Å². The van der Waals surface area contributed by atoms with Crippen LogP contribution >= 0.6 is 11.7 Å². The molecule has 0 aliphatic heterocycles. The summed E-state index contributed by atoms with van der Waals surface area (Å²) >= 11 is 1.07. The fraction of sp³-hybridized carbons (Fsp3) is 0.500. The minimum atomic E-state index is -0.162. The van der Waals surface area contributed by atoms with Crippen molar-refractivity contribution in [2.45, 2.75) is 6.92 Å². The number of rotatable bonds is 2. The number of amides is 2. The van der Waals surface area contributed by atoms with Crippen LogP contribution in [0.2, 0.25) is 0 Å². The minimum Gasteiger partial charge on any atom is -0.328 e. The summed E-state index contributed by atoms with van der Waals surface area (Å²) in [5.74, 6) is 0.505. The van der Waals surface area contributed by atoms with Crippen molar-refractivity contribution >= 4 is 23.6 Å². The molecule has 1 rings (SSSR count). The highest BCUT2D eigenvalue weighted by molar-refractivity contribution is 6.99. The van der Waals surface area contributed by atoms with Crippen LogP contribution < -0.4 is 5.32 Å². The van der Waals surface area contributed by atoms with E-state index in [0.29, 0.717) is 12.4 Å². The minimum absolute atomic E-state index is 0.162. The molecule has 0 aromatic carbocycles. The zero-order chi connectivity index (χ0) is 8.97. The lowest BCUT2D eigenvalue weighted by atomic mass is 10.6. The first-order valence-electron chi connectivity index (χ1n) is 3.53. The second-order valence-corrected chi connectivity index (χ2v) is 2.79. The number of nitrogens with one attached hydrogen (secondary N) is 1. The number of anilines is 1. The van der Waals surface area contributed by atoms with Crippen LogP contribution in [-0.2, 0) is 0 Å². The van der Waals surface area contributed by atoms with E-state index in [1.54, 1.807) is 11.9 Å². The molecule has 0 radical (unpaired) electrons. The molecular formula is C6H10N4OS. The molecule has 6 heteroatoms. The molecule has 0 saturated carbocycles. The second kappa shape index (κ2) is 4.01. The third-order valence-electron chi connectivity index (χ3n) is 1.42.